The molecule has 16 heavy (non-hydrogen) atoms. The van der Waals surface area contributed by atoms with Gasteiger partial charge in [0.2, 0.25) is 0 Å². The standard InChI is InChI=1S/C14H29NO/c1-5-7-14(16)13(6-2)15-9-8-12(10-15)11(3)4/h11-14,16H,5-10H2,1-4H3. The third-order valence-corrected chi connectivity index (χ3v) is 4.11. The second-order valence-electron chi connectivity index (χ2n) is 5.62. The van der Waals surface area contributed by atoms with Gasteiger partial charge in [0.25, 0.3) is 0 Å². The van der Waals surface area contributed by atoms with E-state index in [1.165, 1.54) is 19.5 Å². The minimum atomic E-state index is -0.124. The van der Waals surface area contributed by atoms with Crippen molar-refractivity contribution >= 4 is 0 Å². The molecule has 0 aromatic heterocycles. The summed E-state index contributed by atoms with van der Waals surface area (Å²) < 4.78 is 0. The Balaban J connectivity index is 2.49. The summed E-state index contributed by atoms with van der Waals surface area (Å²) in [5.41, 5.74) is 0. The Morgan fingerprint density at radius 1 is 1.31 bits per heavy atom. The summed E-state index contributed by atoms with van der Waals surface area (Å²) in [6.07, 6.45) is 4.29. The number of likely N-dealkylation sites (tertiary alicyclic amines) is 1. The predicted octanol–water partition coefficient (Wildman–Crippen LogP) is 2.90. The van der Waals surface area contributed by atoms with Gasteiger partial charge in [-0.15, -0.1) is 0 Å². The third kappa shape index (κ3) is 3.46. The van der Waals surface area contributed by atoms with Crippen molar-refractivity contribution < 1.29 is 5.11 Å². The molecule has 0 radical (unpaired) electrons. The van der Waals surface area contributed by atoms with Crippen LogP contribution < -0.4 is 0 Å². The fourth-order valence-corrected chi connectivity index (χ4v) is 2.92. The molecule has 0 aromatic rings. The van der Waals surface area contributed by atoms with E-state index >= 15 is 0 Å². The van der Waals surface area contributed by atoms with Crippen LogP contribution in [0, 0.1) is 11.8 Å². The fourth-order valence-electron chi connectivity index (χ4n) is 2.92. The number of hydrogen-bond donors (Lipinski definition) is 1. The molecule has 1 N–H and O–H groups in total. The summed E-state index contributed by atoms with van der Waals surface area (Å²) >= 11 is 0. The van der Waals surface area contributed by atoms with E-state index in [2.05, 4.69) is 32.6 Å². The highest BCUT2D eigenvalue weighted by Gasteiger charge is 2.31. The molecule has 1 aliphatic heterocycles. The molecule has 1 heterocycles. The monoisotopic (exact) mass is 227 g/mol. The van der Waals surface area contributed by atoms with Gasteiger partial charge in [0, 0.05) is 12.6 Å². The Bertz CT molecular complexity index is 193. The molecule has 1 fully saturated rings. The third-order valence-electron chi connectivity index (χ3n) is 4.11. The first-order chi connectivity index (χ1) is 7.60. The Hall–Kier alpha value is -0.0800. The van der Waals surface area contributed by atoms with Gasteiger partial charge in [0.1, 0.15) is 0 Å². The van der Waals surface area contributed by atoms with Crippen LogP contribution in [0.4, 0.5) is 0 Å². The highest BCUT2D eigenvalue weighted by Crippen LogP contribution is 2.27. The summed E-state index contributed by atoms with van der Waals surface area (Å²) in [6, 6.07) is 0.392. The zero-order chi connectivity index (χ0) is 12.1. The van der Waals surface area contributed by atoms with Crippen molar-refractivity contribution in [3.05, 3.63) is 0 Å². The maximum atomic E-state index is 10.2. The van der Waals surface area contributed by atoms with Crippen molar-refractivity contribution in [2.75, 3.05) is 13.1 Å². The molecule has 96 valence electrons. The van der Waals surface area contributed by atoms with Crippen LogP contribution in [0.2, 0.25) is 0 Å². The molecule has 3 atom stereocenters. The SMILES string of the molecule is CCCC(O)C(CC)N1CCC(C(C)C)C1. The van der Waals surface area contributed by atoms with Crippen LogP contribution in [0.25, 0.3) is 0 Å². The van der Waals surface area contributed by atoms with E-state index in [9.17, 15) is 5.11 Å². The van der Waals surface area contributed by atoms with Gasteiger partial charge in [0.05, 0.1) is 6.10 Å². The topological polar surface area (TPSA) is 23.5 Å². The Kier molecular flexibility index (Phi) is 5.77. The van der Waals surface area contributed by atoms with E-state index in [-0.39, 0.29) is 6.10 Å². The average molecular weight is 227 g/mol. The Morgan fingerprint density at radius 3 is 2.44 bits per heavy atom. The summed E-state index contributed by atoms with van der Waals surface area (Å²) in [7, 11) is 0. The zero-order valence-electron chi connectivity index (χ0n) is 11.4. The fraction of sp³-hybridized carbons (Fsp3) is 1.00. The van der Waals surface area contributed by atoms with E-state index < -0.39 is 0 Å². The number of rotatable bonds is 6. The van der Waals surface area contributed by atoms with Crippen molar-refractivity contribution in [3.8, 4) is 0 Å². The average Bonchev–Trinajstić information content (AvgIpc) is 2.68. The number of aliphatic hydroxyl groups excluding tert-OH is 1. The van der Waals surface area contributed by atoms with Gasteiger partial charge < -0.3 is 5.11 Å². The van der Waals surface area contributed by atoms with Crippen LogP contribution in [-0.4, -0.2) is 35.2 Å². The zero-order valence-corrected chi connectivity index (χ0v) is 11.4. The van der Waals surface area contributed by atoms with Crippen LogP contribution in [0.5, 0.6) is 0 Å². The van der Waals surface area contributed by atoms with Crippen LogP contribution in [0.3, 0.4) is 0 Å². The highest BCUT2D eigenvalue weighted by atomic mass is 16.3. The molecule has 0 spiro atoms. The van der Waals surface area contributed by atoms with E-state index in [0.717, 1.165) is 31.1 Å². The smallest absolute Gasteiger partial charge is 0.0695 e. The second-order valence-corrected chi connectivity index (χ2v) is 5.62. The van der Waals surface area contributed by atoms with E-state index in [1.807, 2.05) is 0 Å². The van der Waals surface area contributed by atoms with Crippen molar-refractivity contribution in [2.24, 2.45) is 11.8 Å². The summed E-state index contributed by atoms with van der Waals surface area (Å²) in [5.74, 6) is 1.62. The Labute approximate surface area is 101 Å². The highest BCUT2D eigenvalue weighted by molar-refractivity contribution is 4.85. The van der Waals surface area contributed by atoms with Gasteiger partial charge in [-0.05, 0) is 37.6 Å². The Morgan fingerprint density at radius 2 is 2.00 bits per heavy atom. The number of hydrogen-bond acceptors (Lipinski definition) is 2. The first kappa shape index (κ1) is 14.0. The number of nitrogens with zero attached hydrogens (tertiary/aromatic N) is 1. The van der Waals surface area contributed by atoms with Crippen molar-refractivity contribution in [3.63, 3.8) is 0 Å². The molecule has 2 nitrogen and oxygen atoms in total. The lowest BCUT2D eigenvalue weighted by Gasteiger charge is -2.31. The molecule has 0 saturated carbocycles. The minimum absolute atomic E-state index is 0.124. The first-order valence-electron chi connectivity index (χ1n) is 7.02. The molecule has 2 heteroatoms. The van der Waals surface area contributed by atoms with Gasteiger partial charge in [-0.1, -0.05) is 34.1 Å². The lowest BCUT2D eigenvalue weighted by Crippen LogP contribution is -2.42. The molecular weight excluding hydrogens is 198 g/mol. The summed E-state index contributed by atoms with van der Waals surface area (Å²) in [6.45, 7) is 11.4. The second kappa shape index (κ2) is 6.61. The molecule has 1 aliphatic rings. The van der Waals surface area contributed by atoms with Crippen molar-refractivity contribution in [2.45, 2.75) is 65.5 Å². The van der Waals surface area contributed by atoms with Crippen LogP contribution in [0.1, 0.15) is 53.4 Å². The van der Waals surface area contributed by atoms with Gasteiger partial charge in [-0.3, -0.25) is 4.90 Å². The maximum Gasteiger partial charge on any atom is 0.0695 e. The lowest BCUT2D eigenvalue weighted by molar-refractivity contribution is 0.0501. The molecule has 1 rings (SSSR count). The van der Waals surface area contributed by atoms with Gasteiger partial charge >= 0.3 is 0 Å². The van der Waals surface area contributed by atoms with Crippen molar-refractivity contribution in [1.82, 2.24) is 4.90 Å². The molecule has 0 aliphatic carbocycles. The van der Waals surface area contributed by atoms with Crippen LogP contribution in [0.15, 0.2) is 0 Å². The first-order valence-corrected chi connectivity index (χ1v) is 7.02. The summed E-state index contributed by atoms with van der Waals surface area (Å²) in [4.78, 5) is 2.52. The van der Waals surface area contributed by atoms with E-state index in [4.69, 9.17) is 0 Å². The van der Waals surface area contributed by atoms with E-state index in [0.29, 0.717) is 6.04 Å². The largest absolute Gasteiger partial charge is 0.391 e. The van der Waals surface area contributed by atoms with Gasteiger partial charge in [0.15, 0.2) is 0 Å². The molecule has 0 bridgehead atoms. The van der Waals surface area contributed by atoms with Crippen LogP contribution >= 0.6 is 0 Å². The number of aliphatic hydroxyl groups is 1. The minimum Gasteiger partial charge on any atom is -0.391 e. The summed E-state index contributed by atoms with van der Waals surface area (Å²) in [5, 5.41) is 10.2. The van der Waals surface area contributed by atoms with Gasteiger partial charge in [-0.25, -0.2) is 0 Å². The lowest BCUT2D eigenvalue weighted by atomic mass is 9.95. The predicted molar refractivity (Wildman–Crippen MR) is 69.5 cm³/mol. The van der Waals surface area contributed by atoms with Crippen molar-refractivity contribution in [1.29, 1.82) is 0 Å². The molecule has 3 unspecified atom stereocenters. The van der Waals surface area contributed by atoms with Crippen LogP contribution in [-0.2, 0) is 0 Å². The quantitative estimate of drug-likeness (QED) is 0.754. The maximum absolute atomic E-state index is 10.2. The van der Waals surface area contributed by atoms with E-state index in [1.54, 1.807) is 0 Å². The molecule has 0 amide bonds. The molecular formula is C14H29NO. The normalized spacial score (nSPS) is 26.2. The molecule has 0 aromatic carbocycles. The molecule has 1 saturated heterocycles. The van der Waals surface area contributed by atoms with Gasteiger partial charge in [-0.2, -0.15) is 0 Å².